The lowest BCUT2D eigenvalue weighted by molar-refractivity contribution is 0.0697. The highest BCUT2D eigenvalue weighted by Crippen LogP contribution is 2.20. The molecule has 0 aliphatic heterocycles. The first-order valence-corrected chi connectivity index (χ1v) is 6.94. The van der Waals surface area contributed by atoms with Crippen LogP contribution in [0.2, 0.25) is 5.02 Å². The van der Waals surface area contributed by atoms with Crippen LogP contribution in [0.3, 0.4) is 0 Å². The van der Waals surface area contributed by atoms with Crippen LogP contribution in [-0.2, 0) is 0 Å². The minimum absolute atomic E-state index is 0.0391. The third kappa shape index (κ3) is 3.99. The molecular formula is C16H16ClN3O2. The van der Waals surface area contributed by atoms with Gasteiger partial charge in [-0.1, -0.05) is 23.7 Å². The molecule has 0 radical (unpaired) electrons. The van der Waals surface area contributed by atoms with Gasteiger partial charge in [0.2, 0.25) is 0 Å². The van der Waals surface area contributed by atoms with Gasteiger partial charge in [-0.2, -0.15) is 5.10 Å². The summed E-state index contributed by atoms with van der Waals surface area (Å²) < 4.78 is 0. The standard InChI is InChI=1S/C16H16ClN3O2/c1-20(2)13-6-3-11(4-7-13)10-18-19-12-5-8-15(17)14(9-12)16(21)22/h3-10,19H,1-2H3,(H,21,22)/b18-10-. The summed E-state index contributed by atoms with van der Waals surface area (Å²) in [6.45, 7) is 0. The number of nitrogens with one attached hydrogen (secondary N) is 1. The van der Waals surface area contributed by atoms with Gasteiger partial charge in [0.1, 0.15) is 0 Å². The maximum Gasteiger partial charge on any atom is 0.337 e. The van der Waals surface area contributed by atoms with Crippen molar-refractivity contribution < 1.29 is 9.90 Å². The third-order valence-corrected chi connectivity index (χ3v) is 3.34. The van der Waals surface area contributed by atoms with Crippen molar-refractivity contribution in [3.8, 4) is 0 Å². The number of halogens is 1. The van der Waals surface area contributed by atoms with Gasteiger partial charge in [0.25, 0.3) is 0 Å². The Hall–Kier alpha value is -2.53. The van der Waals surface area contributed by atoms with Gasteiger partial charge in [0.05, 0.1) is 22.5 Å². The molecule has 6 heteroatoms. The normalized spacial score (nSPS) is 10.7. The SMILES string of the molecule is CN(C)c1ccc(/C=N\Nc2ccc(Cl)c(C(=O)O)c2)cc1. The summed E-state index contributed by atoms with van der Waals surface area (Å²) in [7, 11) is 3.95. The number of hydrogen-bond donors (Lipinski definition) is 2. The van der Waals surface area contributed by atoms with Crippen molar-refractivity contribution in [2.75, 3.05) is 24.4 Å². The van der Waals surface area contributed by atoms with E-state index in [0.717, 1.165) is 11.3 Å². The van der Waals surface area contributed by atoms with Gasteiger partial charge < -0.3 is 10.0 Å². The molecule has 0 amide bonds. The van der Waals surface area contributed by atoms with Gasteiger partial charge in [-0.25, -0.2) is 4.79 Å². The molecule has 0 saturated heterocycles. The van der Waals surface area contributed by atoms with Crippen LogP contribution in [0.15, 0.2) is 47.6 Å². The molecule has 0 bridgehead atoms. The molecule has 0 unspecified atom stereocenters. The van der Waals surface area contributed by atoms with Crippen LogP contribution in [0, 0.1) is 0 Å². The van der Waals surface area contributed by atoms with Crippen LogP contribution in [0.5, 0.6) is 0 Å². The van der Waals surface area contributed by atoms with E-state index in [-0.39, 0.29) is 10.6 Å². The molecular weight excluding hydrogens is 302 g/mol. The van der Waals surface area contributed by atoms with E-state index in [1.54, 1.807) is 12.3 Å². The number of hydrazone groups is 1. The summed E-state index contributed by atoms with van der Waals surface area (Å²) in [6.07, 6.45) is 1.66. The van der Waals surface area contributed by atoms with Crippen LogP contribution in [-0.4, -0.2) is 31.4 Å². The lowest BCUT2D eigenvalue weighted by Gasteiger charge is -2.11. The van der Waals surface area contributed by atoms with Crippen molar-refractivity contribution in [3.05, 3.63) is 58.6 Å². The van der Waals surface area contributed by atoms with Crippen LogP contribution in [0.25, 0.3) is 0 Å². The molecule has 0 aromatic heterocycles. The van der Waals surface area contributed by atoms with Crippen LogP contribution in [0.4, 0.5) is 11.4 Å². The molecule has 22 heavy (non-hydrogen) atoms. The summed E-state index contributed by atoms with van der Waals surface area (Å²) in [4.78, 5) is 13.0. The Morgan fingerprint density at radius 3 is 2.50 bits per heavy atom. The first kappa shape index (κ1) is 15.9. The van der Waals surface area contributed by atoms with Gasteiger partial charge >= 0.3 is 5.97 Å². The summed E-state index contributed by atoms with van der Waals surface area (Å²) in [5.74, 6) is -1.07. The van der Waals surface area contributed by atoms with Crippen molar-refractivity contribution >= 4 is 35.2 Å². The number of carboxylic acid groups (broad SMARTS) is 1. The molecule has 0 saturated carbocycles. The predicted octanol–water partition coefficient (Wildman–Crippen LogP) is 3.55. The number of benzene rings is 2. The van der Waals surface area contributed by atoms with Gasteiger partial charge in [0.15, 0.2) is 0 Å². The zero-order chi connectivity index (χ0) is 16.1. The quantitative estimate of drug-likeness (QED) is 0.654. The number of carboxylic acids is 1. The van der Waals surface area contributed by atoms with Crippen LogP contribution >= 0.6 is 11.6 Å². The number of anilines is 2. The predicted molar refractivity (Wildman–Crippen MR) is 90.4 cm³/mol. The summed E-state index contributed by atoms with van der Waals surface area (Å²) >= 11 is 5.81. The van der Waals surface area contributed by atoms with Gasteiger partial charge in [-0.3, -0.25) is 5.43 Å². The summed E-state index contributed by atoms with van der Waals surface area (Å²) in [5, 5.41) is 13.3. The Kier molecular flexibility index (Phi) is 5.01. The fourth-order valence-electron chi connectivity index (χ4n) is 1.80. The Morgan fingerprint density at radius 2 is 1.91 bits per heavy atom. The van der Waals surface area contributed by atoms with Crippen molar-refractivity contribution in [1.29, 1.82) is 0 Å². The first-order chi connectivity index (χ1) is 10.5. The van der Waals surface area contributed by atoms with E-state index < -0.39 is 5.97 Å². The zero-order valence-electron chi connectivity index (χ0n) is 12.2. The lowest BCUT2D eigenvalue weighted by atomic mass is 10.2. The number of rotatable bonds is 5. The fourth-order valence-corrected chi connectivity index (χ4v) is 2.00. The number of hydrogen-bond acceptors (Lipinski definition) is 4. The minimum Gasteiger partial charge on any atom is -0.478 e. The second kappa shape index (κ2) is 6.95. The smallest absolute Gasteiger partial charge is 0.337 e. The van der Waals surface area contributed by atoms with E-state index in [9.17, 15) is 4.79 Å². The molecule has 0 aliphatic carbocycles. The lowest BCUT2D eigenvalue weighted by Crippen LogP contribution is -2.08. The van der Waals surface area contributed by atoms with Gasteiger partial charge in [0, 0.05) is 19.8 Å². The Bertz CT molecular complexity index is 697. The topological polar surface area (TPSA) is 64.9 Å². The maximum atomic E-state index is 11.0. The second-order valence-electron chi connectivity index (χ2n) is 4.86. The molecule has 0 spiro atoms. The third-order valence-electron chi connectivity index (χ3n) is 3.01. The average molecular weight is 318 g/mol. The Morgan fingerprint density at radius 1 is 1.23 bits per heavy atom. The highest BCUT2D eigenvalue weighted by Gasteiger charge is 2.08. The second-order valence-corrected chi connectivity index (χ2v) is 5.26. The molecule has 114 valence electrons. The van der Waals surface area contributed by atoms with E-state index >= 15 is 0 Å². The van der Waals surface area contributed by atoms with E-state index in [1.165, 1.54) is 12.1 Å². The van der Waals surface area contributed by atoms with Crippen molar-refractivity contribution in [3.63, 3.8) is 0 Å². The molecule has 2 rings (SSSR count). The molecule has 0 aliphatic rings. The first-order valence-electron chi connectivity index (χ1n) is 6.56. The molecule has 0 fully saturated rings. The minimum atomic E-state index is -1.07. The van der Waals surface area contributed by atoms with Crippen molar-refractivity contribution in [2.45, 2.75) is 0 Å². The van der Waals surface area contributed by atoms with Gasteiger partial charge in [-0.05, 0) is 35.9 Å². The van der Waals surface area contributed by atoms with E-state index in [1.807, 2.05) is 43.3 Å². The maximum absolute atomic E-state index is 11.0. The monoisotopic (exact) mass is 317 g/mol. The highest BCUT2D eigenvalue weighted by molar-refractivity contribution is 6.33. The van der Waals surface area contributed by atoms with Crippen molar-refractivity contribution in [2.24, 2.45) is 5.10 Å². The number of carbonyl (C=O) groups is 1. The largest absolute Gasteiger partial charge is 0.478 e. The van der Waals surface area contributed by atoms with E-state index in [2.05, 4.69) is 10.5 Å². The van der Waals surface area contributed by atoms with E-state index in [4.69, 9.17) is 16.7 Å². The molecule has 2 aromatic carbocycles. The number of aromatic carboxylic acids is 1. The summed E-state index contributed by atoms with van der Waals surface area (Å²) in [5.41, 5.74) is 5.43. The molecule has 0 atom stereocenters. The number of nitrogens with zero attached hydrogens (tertiary/aromatic N) is 2. The Balaban J connectivity index is 2.06. The molecule has 0 heterocycles. The average Bonchev–Trinajstić information content (AvgIpc) is 2.49. The molecule has 5 nitrogen and oxygen atoms in total. The van der Waals surface area contributed by atoms with Crippen LogP contribution < -0.4 is 10.3 Å². The van der Waals surface area contributed by atoms with Crippen LogP contribution in [0.1, 0.15) is 15.9 Å². The summed E-state index contributed by atoms with van der Waals surface area (Å²) in [6, 6.07) is 12.5. The van der Waals surface area contributed by atoms with Gasteiger partial charge in [-0.15, -0.1) is 0 Å². The fraction of sp³-hybridized carbons (Fsp3) is 0.125. The molecule has 2 N–H and O–H groups in total. The van der Waals surface area contributed by atoms with E-state index in [0.29, 0.717) is 5.69 Å². The van der Waals surface area contributed by atoms with Crippen molar-refractivity contribution in [1.82, 2.24) is 0 Å². The Labute approximate surface area is 133 Å². The zero-order valence-corrected chi connectivity index (χ0v) is 13.0. The molecule has 2 aromatic rings. The highest BCUT2D eigenvalue weighted by atomic mass is 35.5.